The maximum Gasteiger partial charge on any atom is 0.275 e. The summed E-state index contributed by atoms with van der Waals surface area (Å²) in [6.45, 7) is 6.07. The van der Waals surface area contributed by atoms with E-state index in [1.807, 2.05) is 36.7 Å². The first kappa shape index (κ1) is 14.7. The Bertz CT molecular complexity index is 847. The second-order valence-electron chi connectivity index (χ2n) is 5.61. The molecular formula is C16H18N4OS. The van der Waals surface area contributed by atoms with Crippen LogP contribution >= 0.6 is 11.3 Å². The molecule has 2 heterocycles. The van der Waals surface area contributed by atoms with E-state index in [4.69, 9.17) is 0 Å². The van der Waals surface area contributed by atoms with Crippen LogP contribution in [0, 0.1) is 6.92 Å². The number of hydrogen-bond acceptors (Lipinski definition) is 4. The Morgan fingerprint density at radius 1 is 1.36 bits per heavy atom. The molecule has 6 heteroatoms. The van der Waals surface area contributed by atoms with E-state index in [1.165, 1.54) is 0 Å². The van der Waals surface area contributed by atoms with Gasteiger partial charge in [-0.15, -0.1) is 11.3 Å². The van der Waals surface area contributed by atoms with Crippen LogP contribution < -0.4 is 5.32 Å². The number of aryl methyl sites for hydroxylation is 2. The van der Waals surface area contributed by atoms with Crippen LogP contribution in [0.1, 0.15) is 40.1 Å². The highest BCUT2D eigenvalue weighted by atomic mass is 32.1. The van der Waals surface area contributed by atoms with Gasteiger partial charge in [0, 0.05) is 17.6 Å². The van der Waals surface area contributed by atoms with Crippen molar-refractivity contribution >= 4 is 34.0 Å². The molecule has 0 aliphatic heterocycles. The van der Waals surface area contributed by atoms with Gasteiger partial charge in [-0.25, -0.2) is 9.97 Å². The SMILES string of the molecule is Cc1nc(C(=O)Nc2ccc3c(c2)ncn3C)c(C(C)C)s1. The summed E-state index contributed by atoms with van der Waals surface area (Å²) in [7, 11) is 1.94. The lowest BCUT2D eigenvalue weighted by molar-refractivity contribution is 0.102. The molecule has 0 spiro atoms. The van der Waals surface area contributed by atoms with Gasteiger partial charge >= 0.3 is 0 Å². The van der Waals surface area contributed by atoms with Crippen LogP contribution in [0.25, 0.3) is 11.0 Å². The molecule has 0 atom stereocenters. The molecule has 0 fully saturated rings. The van der Waals surface area contributed by atoms with Crippen LogP contribution in [0.3, 0.4) is 0 Å². The summed E-state index contributed by atoms with van der Waals surface area (Å²) in [6, 6.07) is 5.71. The van der Waals surface area contributed by atoms with Crippen LogP contribution in [0.5, 0.6) is 0 Å². The third-order valence-corrected chi connectivity index (χ3v) is 4.75. The number of benzene rings is 1. The summed E-state index contributed by atoms with van der Waals surface area (Å²) in [4.78, 5) is 22.2. The van der Waals surface area contributed by atoms with Gasteiger partial charge in [-0.3, -0.25) is 4.79 Å². The van der Waals surface area contributed by atoms with E-state index in [-0.39, 0.29) is 11.8 Å². The fourth-order valence-electron chi connectivity index (χ4n) is 2.40. The van der Waals surface area contributed by atoms with Crippen molar-refractivity contribution in [1.82, 2.24) is 14.5 Å². The number of rotatable bonds is 3. The molecule has 0 aliphatic carbocycles. The number of carbonyl (C=O) groups is 1. The van der Waals surface area contributed by atoms with Crippen LogP contribution in [0.4, 0.5) is 5.69 Å². The molecule has 3 rings (SSSR count). The molecule has 0 unspecified atom stereocenters. The molecule has 114 valence electrons. The maximum atomic E-state index is 12.5. The molecule has 1 N–H and O–H groups in total. The van der Waals surface area contributed by atoms with Gasteiger partial charge in [-0.1, -0.05) is 13.8 Å². The summed E-state index contributed by atoms with van der Waals surface area (Å²) < 4.78 is 1.95. The molecule has 1 amide bonds. The average molecular weight is 314 g/mol. The largest absolute Gasteiger partial charge is 0.334 e. The van der Waals surface area contributed by atoms with Crippen LogP contribution in [-0.4, -0.2) is 20.4 Å². The van der Waals surface area contributed by atoms with E-state index in [2.05, 4.69) is 29.1 Å². The normalized spacial score (nSPS) is 11.3. The number of nitrogens with one attached hydrogen (secondary N) is 1. The lowest BCUT2D eigenvalue weighted by Gasteiger charge is -2.07. The maximum absolute atomic E-state index is 12.5. The number of aromatic nitrogens is 3. The molecule has 0 saturated carbocycles. The van der Waals surface area contributed by atoms with Gasteiger partial charge in [0.2, 0.25) is 0 Å². The minimum Gasteiger partial charge on any atom is -0.334 e. The Labute approximate surface area is 133 Å². The van der Waals surface area contributed by atoms with E-state index in [0.717, 1.165) is 26.6 Å². The zero-order valence-corrected chi connectivity index (χ0v) is 13.9. The first-order chi connectivity index (χ1) is 10.5. The molecule has 2 aromatic heterocycles. The van der Waals surface area contributed by atoms with Crippen molar-refractivity contribution in [2.24, 2.45) is 7.05 Å². The molecule has 0 radical (unpaired) electrons. The Morgan fingerprint density at radius 2 is 2.14 bits per heavy atom. The molecule has 22 heavy (non-hydrogen) atoms. The van der Waals surface area contributed by atoms with Gasteiger partial charge in [0.25, 0.3) is 5.91 Å². The Morgan fingerprint density at radius 3 is 2.86 bits per heavy atom. The van der Waals surface area contributed by atoms with Crippen molar-refractivity contribution in [2.75, 3.05) is 5.32 Å². The highest BCUT2D eigenvalue weighted by Gasteiger charge is 2.19. The van der Waals surface area contributed by atoms with Crippen molar-refractivity contribution in [3.8, 4) is 0 Å². The van der Waals surface area contributed by atoms with Crippen LogP contribution in [0.2, 0.25) is 0 Å². The summed E-state index contributed by atoms with van der Waals surface area (Å²) in [5.41, 5.74) is 3.15. The topological polar surface area (TPSA) is 59.8 Å². The predicted octanol–water partition coefficient (Wildman–Crippen LogP) is 3.71. The average Bonchev–Trinajstić information content (AvgIpc) is 3.03. The zero-order valence-electron chi connectivity index (χ0n) is 13.0. The highest BCUT2D eigenvalue weighted by molar-refractivity contribution is 7.12. The number of fused-ring (bicyclic) bond motifs is 1. The summed E-state index contributed by atoms with van der Waals surface area (Å²) in [5.74, 6) is 0.119. The van der Waals surface area contributed by atoms with Gasteiger partial charge < -0.3 is 9.88 Å². The number of hydrogen-bond donors (Lipinski definition) is 1. The predicted molar refractivity (Wildman–Crippen MR) is 89.6 cm³/mol. The fourth-order valence-corrected chi connectivity index (χ4v) is 3.33. The smallest absolute Gasteiger partial charge is 0.275 e. The summed E-state index contributed by atoms with van der Waals surface area (Å²) in [5, 5.41) is 3.84. The third-order valence-electron chi connectivity index (χ3n) is 3.48. The van der Waals surface area contributed by atoms with E-state index in [0.29, 0.717) is 5.69 Å². The van der Waals surface area contributed by atoms with Crippen LogP contribution in [0.15, 0.2) is 24.5 Å². The quantitative estimate of drug-likeness (QED) is 0.801. The first-order valence-electron chi connectivity index (χ1n) is 7.15. The number of imidazole rings is 1. The third kappa shape index (κ3) is 2.62. The zero-order chi connectivity index (χ0) is 15.9. The molecule has 0 aliphatic rings. The first-order valence-corrected chi connectivity index (χ1v) is 7.97. The van der Waals surface area contributed by atoms with Gasteiger partial charge in [-0.05, 0) is 31.0 Å². The highest BCUT2D eigenvalue weighted by Crippen LogP contribution is 2.27. The van der Waals surface area contributed by atoms with Crippen molar-refractivity contribution in [3.05, 3.63) is 40.1 Å². The van der Waals surface area contributed by atoms with Crippen LogP contribution in [-0.2, 0) is 7.05 Å². The minimum absolute atomic E-state index is 0.164. The van der Waals surface area contributed by atoms with Gasteiger partial charge in [0.05, 0.1) is 22.4 Å². The van der Waals surface area contributed by atoms with E-state index in [1.54, 1.807) is 17.7 Å². The molecule has 3 aromatic rings. The molecular weight excluding hydrogens is 296 g/mol. The number of nitrogens with zero attached hydrogens (tertiary/aromatic N) is 3. The lowest BCUT2D eigenvalue weighted by atomic mass is 10.1. The van der Waals surface area contributed by atoms with Crippen molar-refractivity contribution < 1.29 is 4.79 Å². The molecule has 1 aromatic carbocycles. The lowest BCUT2D eigenvalue weighted by Crippen LogP contribution is -2.14. The Balaban J connectivity index is 1.89. The van der Waals surface area contributed by atoms with E-state index >= 15 is 0 Å². The standard InChI is InChI=1S/C16H18N4OS/c1-9(2)15-14(18-10(3)22-15)16(21)19-11-5-6-13-12(7-11)17-8-20(13)4/h5-9H,1-4H3,(H,19,21). The fraction of sp³-hybridized carbons (Fsp3) is 0.312. The van der Waals surface area contributed by atoms with Crippen molar-refractivity contribution in [3.63, 3.8) is 0 Å². The van der Waals surface area contributed by atoms with Gasteiger partial charge in [0.15, 0.2) is 0 Å². The van der Waals surface area contributed by atoms with Gasteiger partial charge in [0.1, 0.15) is 5.69 Å². The number of thiazole rings is 1. The van der Waals surface area contributed by atoms with Crippen molar-refractivity contribution in [1.29, 1.82) is 0 Å². The van der Waals surface area contributed by atoms with Gasteiger partial charge in [-0.2, -0.15) is 0 Å². The second kappa shape index (κ2) is 5.53. The number of amides is 1. The van der Waals surface area contributed by atoms with Crippen molar-refractivity contribution in [2.45, 2.75) is 26.7 Å². The van der Waals surface area contributed by atoms with E-state index in [9.17, 15) is 4.79 Å². The Kier molecular flexibility index (Phi) is 3.70. The molecule has 0 bridgehead atoms. The molecule has 5 nitrogen and oxygen atoms in total. The Hall–Kier alpha value is -2.21. The number of carbonyl (C=O) groups excluding carboxylic acids is 1. The monoisotopic (exact) mass is 314 g/mol. The number of anilines is 1. The summed E-state index contributed by atoms with van der Waals surface area (Å²) >= 11 is 1.58. The second-order valence-corrected chi connectivity index (χ2v) is 6.85. The molecule has 0 saturated heterocycles. The van der Waals surface area contributed by atoms with E-state index < -0.39 is 0 Å². The summed E-state index contributed by atoms with van der Waals surface area (Å²) in [6.07, 6.45) is 1.76. The minimum atomic E-state index is -0.164.